The van der Waals surface area contributed by atoms with Crippen LogP contribution >= 0.6 is 11.6 Å². The molecule has 1 aliphatic heterocycles. The molecular formula is C16H16ClNO2. The molecule has 0 amide bonds. The van der Waals surface area contributed by atoms with E-state index < -0.39 is 0 Å². The number of fused-ring (bicyclic) bond motifs is 1. The Kier molecular flexibility index (Phi) is 3.70. The number of hydrogen-bond acceptors (Lipinski definition) is 3. The van der Waals surface area contributed by atoms with Gasteiger partial charge in [0.25, 0.3) is 0 Å². The van der Waals surface area contributed by atoms with Crippen LogP contribution in [0.25, 0.3) is 0 Å². The topological polar surface area (TPSA) is 30.5 Å². The summed E-state index contributed by atoms with van der Waals surface area (Å²) in [5.41, 5.74) is 2.05. The molecule has 0 spiro atoms. The average Bonchev–Trinajstić information content (AvgIpc) is 2.50. The second-order valence-corrected chi connectivity index (χ2v) is 5.12. The van der Waals surface area contributed by atoms with Crippen LogP contribution in [0.2, 0.25) is 5.02 Å². The fourth-order valence-corrected chi connectivity index (χ4v) is 2.59. The molecule has 3 rings (SSSR count). The van der Waals surface area contributed by atoms with Gasteiger partial charge in [0.05, 0.1) is 30.5 Å². The second kappa shape index (κ2) is 5.63. The molecule has 1 heterocycles. The Labute approximate surface area is 123 Å². The molecule has 0 aromatic heterocycles. The van der Waals surface area contributed by atoms with Gasteiger partial charge in [0.2, 0.25) is 0 Å². The number of benzene rings is 2. The summed E-state index contributed by atoms with van der Waals surface area (Å²) < 4.78 is 10.9. The number of nitrogens with one attached hydrogen (secondary N) is 1. The Morgan fingerprint density at radius 3 is 2.95 bits per heavy atom. The van der Waals surface area contributed by atoms with Gasteiger partial charge in [0, 0.05) is 18.1 Å². The first-order chi connectivity index (χ1) is 9.78. The van der Waals surface area contributed by atoms with E-state index in [1.54, 1.807) is 7.11 Å². The summed E-state index contributed by atoms with van der Waals surface area (Å²) in [6, 6.07) is 13.9. The fourth-order valence-electron chi connectivity index (χ4n) is 2.42. The van der Waals surface area contributed by atoms with E-state index in [1.807, 2.05) is 36.4 Å². The van der Waals surface area contributed by atoms with Crippen LogP contribution in [0.5, 0.6) is 11.5 Å². The normalized spacial score (nSPS) is 17.0. The highest BCUT2D eigenvalue weighted by Gasteiger charge is 2.21. The van der Waals surface area contributed by atoms with E-state index in [-0.39, 0.29) is 6.04 Å². The maximum Gasteiger partial charge on any atom is 0.124 e. The molecule has 104 valence electrons. The molecule has 0 fully saturated rings. The molecule has 0 bridgehead atoms. The summed E-state index contributed by atoms with van der Waals surface area (Å²) in [5.74, 6) is 1.73. The monoisotopic (exact) mass is 289 g/mol. The predicted octanol–water partition coefficient (Wildman–Crippen LogP) is 4.28. The van der Waals surface area contributed by atoms with Crippen LogP contribution in [-0.2, 0) is 0 Å². The third kappa shape index (κ3) is 2.54. The van der Waals surface area contributed by atoms with Crippen LogP contribution < -0.4 is 14.8 Å². The van der Waals surface area contributed by atoms with E-state index in [0.29, 0.717) is 11.6 Å². The third-order valence-corrected chi connectivity index (χ3v) is 3.79. The van der Waals surface area contributed by atoms with Crippen LogP contribution in [0.1, 0.15) is 18.0 Å². The molecule has 1 unspecified atom stereocenters. The van der Waals surface area contributed by atoms with Gasteiger partial charge in [-0.05, 0) is 18.2 Å². The molecule has 1 N–H and O–H groups in total. The van der Waals surface area contributed by atoms with Gasteiger partial charge < -0.3 is 14.8 Å². The number of anilines is 1. The number of ether oxygens (including phenoxy) is 2. The van der Waals surface area contributed by atoms with Gasteiger partial charge in [-0.3, -0.25) is 0 Å². The molecule has 1 aliphatic rings. The highest BCUT2D eigenvalue weighted by atomic mass is 35.5. The summed E-state index contributed by atoms with van der Waals surface area (Å²) in [7, 11) is 1.65. The van der Waals surface area contributed by atoms with Crippen LogP contribution in [-0.4, -0.2) is 13.7 Å². The fraction of sp³-hybridized carbons (Fsp3) is 0.250. The largest absolute Gasteiger partial charge is 0.497 e. The molecule has 20 heavy (non-hydrogen) atoms. The van der Waals surface area contributed by atoms with Crippen molar-refractivity contribution >= 4 is 17.3 Å². The van der Waals surface area contributed by atoms with E-state index in [2.05, 4.69) is 11.4 Å². The minimum Gasteiger partial charge on any atom is -0.497 e. The predicted molar refractivity (Wildman–Crippen MR) is 80.9 cm³/mol. The minimum atomic E-state index is 0.199. The highest BCUT2D eigenvalue weighted by molar-refractivity contribution is 6.33. The minimum absolute atomic E-state index is 0.199. The Bertz CT molecular complexity index is 615. The lowest BCUT2D eigenvalue weighted by atomic mass is 10.0. The molecule has 0 aliphatic carbocycles. The zero-order valence-corrected chi connectivity index (χ0v) is 12.0. The standard InChI is InChI=1S/C16H16ClNO2/c1-19-11-6-7-13(17)15(10-11)18-14-8-9-20-16-5-3-2-4-12(14)16/h2-7,10,14,18H,8-9H2,1H3. The van der Waals surface area contributed by atoms with Gasteiger partial charge in [0.15, 0.2) is 0 Å². The lowest BCUT2D eigenvalue weighted by Crippen LogP contribution is -2.20. The van der Waals surface area contributed by atoms with Crippen molar-refractivity contribution in [1.82, 2.24) is 0 Å². The maximum atomic E-state index is 6.25. The van der Waals surface area contributed by atoms with Crippen molar-refractivity contribution in [3.63, 3.8) is 0 Å². The SMILES string of the molecule is COc1ccc(Cl)c(NC2CCOc3ccccc32)c1. The molecule has 0 radical (unpaired) electrons. The van der Waals surface area contributed by atoms with Crippen molar-refractivity contribution in [3.05, 3.63) is 53.1 Å². The second-order valence-electron chi connectivity index (χ2n) is 4.72. The summed E-state index contributed by atoms with van der Waals surface area (Å²) >= 11 is 6.25. The molecule has 2 aromatic rings. The molecule has 4 heteroatoms. The summed E-state index contributed by atoms with van der Waals surface area (Å²) in [5, 5.41) is 4.18. The quantitative estimate of drug-likeness (QED) is 0.914. The van der Waals surface area contributed by atoms with Gasteiger partial charge >= 0.3 is 0 Å². The van der Waals surface area contributed by atoms with Crippen molar-refractivity contribution in [2.75, 3.05) is 19.0 Å². The first-order valence-corrected chi connectivity index (χ1v) is 6.97. The Morgan fingerprint density at radius 2 is 2.10 bits per heavy atom. The van der Waals surface area contributed by atoms with Crippen molar-refractivity contribution in [3.8, 4) is 11.5 Å². The molecule has 0 saturated carbocycles. The maximum absolute atomic E-state index is 6.25. The van der Waals surface area contributed by atoms with Gasteiger partial charge in [-0.15, -0.1) is 0 Å². The van der Waals surface area contributed by atoms with Crippen molar-refractivity contribution in [2.45, 2.75) is 12.5 Å². The Balaban J connectivity index is 1.89. The van der Waals surface area contributed by atoms with Crippen LogP contribution in [0, 0.1) is 0 Å². The number of para-hydroxylation sites is 1. The smallest absolute Gasteiger partial charge is 0.124 e. The van der Waals surface area contributed by atoms with Crippen molar-refractivity contribution < 1.29 is 9.47 Å². The summed E-state index contributed by atoms with van der Waals surface area (Å²) in [4.78, 5) is 0. The Hall–Kier alpha value is -1.87. The zero-order chi connectivity index (χ0) is 13.9. The number of rotatable bonds is 3. The van der Waals surface area contributed by atoms with Crippen molar-refractivity contribution in [2.24, 2.45) is 0 Å². The number of methoxy groups -OCH3 is 1. The molecule has 2 aromatic carbocycles. The van der Waals surface area contributed by atoms with E-state index in [4.69, 9.17) is 21.1 Å². The summed E-state index contributed by atoms with van der Waals surface area (Å²) in [6.07, 6.45) is 0.907. The van der Waals surface area contributed by atoms with Crippen molar-refractivity contribution in [1.29, 1.82) is 0 Å². The average molecular weight is 290 g/mol. The van der Waals surface area contributed by atoms with Crippen LogP contribution in [0.4, 0.5) is 5.69 Å². The molecular weight excluding hydrogens is 274 g/mol. The van der Waals surface area contributed by atoms with E-state index in [0.717, 1.165) is 29.2 Å². The zero-order valence-electron chi connectivity index (χ0n) is 11.2. The van der Waals surface area contributed by atoms with Gasteiger partial charge in [-0.2, -0.15) is 0 Å². The molecule has 3 nitrogen and oxygen atoms in total. The lowest BCUT2D eigenvalue weighted by Gasteiger charge is -2.27. The van der Waals surface area contributed by atoms with E-state index in [9.17, 15) is 0 Å². The molecule has 1 atom stereocenters. The first kappa shape index (κ1) is 13.1. The van der Waals surface area contributed by atoms with E-state index in [1.165, 1.54) is 0 Å². The van der Waals surface area contributed by atoms with Crippen LogP contribution in [0.15, 0.2) is 42.5 Å². The van der Waals surface area contributed by atoms with Gasteiger partial charge in [-0.1, -0.05) is 29.8 Å². The summed E-state index contributed by atoms with van der Waals surface area (Å²) in [6.45, 7) is 0.705. The first-order valence-electron chi connectivity index (χ1n) is 6.60. The lowest BCUT2D eigenvalue weighted by molar-refractivity contribution is 0.274. The third-order valence-electron chi connectivity index (χ3n) is 3.46. The van der Waals surface area contributed by atoms with E-state index >= 15 is 0 Å². The number of halogens is 1. The highest BCUT2D eigenvalue weighted by Crippen LogP contribution is 2.36. The van der Waals surface area contributed by atoms with Gasteiger partial charge in [0.1, 0.15) is 11.5 Å². The number of hydrogen-bond donors (Lipinski definition) is 1. The Morgan fingerprint density at radius 1 is 1.25 bits per heavy atom. The van der Waals surface area contributed by atoms with Gasteiger partial charge in [-0.25, -0.2) is 0 Å². The molecule has 0 saturated heterocycles. The van der Waals surface area contributed by atoms with Crippen LogP contribution in [0.3, 0.4) is 0 Å².